The second kappa shape index (κ2) is 6.93. The van der Waals surface area contributed by atoms with E-state index in [-0.39, 0.29) is 18.4 Å². The first-order valence-electron chi connectivity index (χ1n) is 6.49. The van der Waals surface area contributed by atoms with Crippen LogP contribution in [0, 0.1) is 0 Å². The van der Waals surface area contributed by atoms with E-state index in [0.29, 0.717) is 12.3 Å². The molecule has 0 unspecified atom stereocenters. The summed E-state index contributed by atoms with van der Waals surface area (Å²) < 4.78 is 5.08. The molecule has 4 heteroatoms. The summed E-state index contributed by atoms with van der Waals surface area (Å²) in [6.07, 6.45) is 0. The van der Waals surface area contributed by atoms with Crippen molar-refractivity contribution in [2.24, 2.45) is 0 Å². The van der Waals surface area contributed by atoms with Crippen LogP contribution in [0.15, 0.2) is 48.5 Å². The number of rotatable bonds is 6. The van der Waals surface area contributed by atoms with Crippen LogP contribution in [0.25, 0.3) is 0 Å². The molecule has 0 aliphatic heterocycles. The quantitative estimate of drug-likeness (QED) is 0.755. The Morgan fingerprint density at radius 1 is 1.15 bits per heavy atom. The van der Waals surface area contributed by atoms with Crippen LogP contribution < -0.4 is 10.1 Å². The third-order valence-electron chi connectivity index (χ3n) is 3.18. The first-order chi connectivity index (χ1) is 9.74. The van der Waals surface area contributed by atoms with Crippen molar-refractivity contribution in [3.63, 3.8) is 0 Å². The zero-order chi connectivity index (χ0) is 14.4. The van der Waals surface area contributed by atoms with Crippen molar-refractivity contribution in [3.8, 4) is 11.5 Å². The normalized spacial score (nSPS) is 12.1. The maximum absolute atomic E-state index is 9.55. The lowest BCUT2D eigenvalue weighted by atomic mass is 10.1. The van der Waals surface area contributed by atoms with Gasteiger partial charge in [0.15, 0.2) is 11.5 Å². The molecule has 0 bridgehead atoms. The predicted molar refractivity (Wildman–Crippen MR) is 77.8 cm³/mol. The second-order valence-corrected chi connectivity index (χ2v) is 4.53. The Balaban J connectivity index is 2.03. The number of aliphatic hydroxyl groups excluding tert-OH is 1. The summed E-state index contributed by atoms with van der Waals surface area (Å²) >= 11 is 0. The zero-order valence-electron chi connectivity index (χ0n) is 11.4. The molecule has 1 atom stereocenters. The molecule has 2 aromatic carbocycles. The molecular formula is C16H19NO3. The highest BCUT2D eigenvalue weighted by Gasteiger charge is 2.10. The van der Waals surface area contributed by atoms with Crippen molar-refractivity contribution in [1.29, 1.82) is 0 Å². The Hall–Kier alpha value is -2.04. The molecule has 0 radical (unpaired) electrons. The van der Waals surface area contributed by atoms with Crippen molar-refractivity contribution in [2.45, 2.75) is 12.6 Å². The monoisotopic (exact) mass is 273 g/mol. The van der Waals surface area contributed by atoms with Crippen LogP contribution in [0.1, 0.15) is 17.2 Å². The smallest absolute Gasteiger partial charge is 0.160 e. The van der Waals surface area contributed by atoms with Gasteiger partial charge in [0.05, 0.1) is 19.8 Å². The van der Waals surface area contributed by atoms with Gasteiger partial charge in [0.25, 0.3) is 0 Å². The number of ether oxygens (including phenoxy) is 1. The van der Waals surface area contributed by atoms with Crippen LogP contribution in [-0.4, -0.2) is 23.9 Å². The van der Waals surface area contributed by atoms with Crippen molar-refractivity contribution < 1.29 is 14.9 Å². The van der Waals surface area contributed by atoms with Crippen LogP contribution in [0.4, 0.5) is 0 Å². The molecule has 3 N–H and O–H groups in total. The van der Waals surface area contributed by atoms with Crippen LogP contribution >= 0.6 is 0 Å². The third-order valence-corrected chi connectivity index (χ3v) is 3.18. The van der Waals surface area contributed by atoms with Gasteiger partial charge < -0.3 is 20.3 Å². The standard InChI is InChI=1S/C16H19NO3/c1-20-16-9-12(7-8-15(16)19)10-17-14(11-18)13-5-3-2-4-6-13/h2-9,14,17-19H,10-11H2,1H3/t14-/m0/s1. The van der Waals surface area contributed by atoms with E-state index < -0.39 is 0 Å². The Labute approximate surface area is 118 Å². The molecule has 2 rings (SSSR count). The first-order valence-corrected chi connectivity index (χ1v) is 6.49. The van der Waals surface area contributed by atoms with Gasteiger partial charge in [-0.05, 0) is 23.3 Å². The molecule has 20 heavy (non-hydrogen) atoms. The second-order valence-electron chi connectivity index (χ2n) is 4.53. The lowest BCUT2D eigenvalue weighted by Crippen LogP contribution is -2.23. The Bertz CT molecular complexity index is 543. The van der Waals surface area contributed by atoms with Gasteiger partial charge in [0, 0.05) is 6.54 Å². The Morgan fingerprint density at radius 2 is 1.90 bits per heavy atom. The number of benzene rings is 2. The predicted octanol–water partition coefficient (Wildman–Crippen LogP) is 2.22. The topological polar surface area (TPSA) is 61.7 Å². The van der Waals surface area contributed by atoms with E-state index in [4.69, 9.17) is 4.74 Å². The molecule has 0 spiro atoms. The molecule has 4 nitrogen and oxygen atoms in total. The van der Waals surface area contributed by atoms with Crippen LogP contribution in [0.3, 0.4) is 0 Å². The van der Waals surface area contributed by atoms with E-state index in [1.165, 1.54) is 7.11 Å². The number of nitrogens with one attached hydrogen (secondary N) is 1. The van der Waals surface area contributed by atoms with E-state index in [0.717, 1.165) is 11.1 Å². The molecule has 0 aliphatic carbocycles. The number of phenolic OH excluding ortho intramolecular Hbond substituents is 1. The maximum atomic E-state index is 9.55. The van der Waals surface area contributed by atoms with Crippen LogP contribution in [0.2, 0.25) is 0 Å². The van der Waals surface area contributed by atoms with Crippen molar-refractivity contribution in [1.82, 2.24) is 5.32 Å². The summed E-state index contributed by atoms with van der Waals surface area (Å²) in [7, 11) is 1.52. The van der Waals surface area contributed by atoms with Gasteiger partial charge in [-0.15, -0.1) is 0 Å². The van der Waals surface area contributed by atoms with Crippen molar-refractivity contribution in [2.75, 3.05) is 13.7 Å². The highest BCUT2D eigenvalue weighted by Crippen LogP contribution is 2.26. The molecule has 0 heterocycles. The van der Waals surface area contributed by atoms with E-state index >= 15 is 0 Å². The SMILES string of the molecule is COc1cc(CN[C@@H](CO)c2ccccc2)ccc1O. The number of hydrogen-bond acceptors (Lipinski definition) is 4. The average Bonchev–Trinajstić information content (AvgIpc) is 2.50. The van der Waals surface area contributed by atoms with Gasteiger partial charge in [-0.1, -0.05) is 36.4 Å². The highest BCUT2D eigenvalue weighted by molar-refractivity contribution is 5.41. The third kappa shape index (κ3) is 3.50. The van der Waals surface area contributed by atoms with Gasteiger partial charge in [-0.25, -0.2) is 0 Å². The lowest BCUT2D eigenvalue weighted by molar-refractivity contribution is 0.243. The van der Waals surface area contributed by atoms with Crippen molar-refractivity contribution >= 4 is 0 Å². The van der Waals surface area contributed by atoms with Gasteiger partial charge in [0.2, 0.25) is 0 Å². The molecular weight excluding hydrogens is 254 g/mol. The molecule has 0 aliphatic rings. The van der Waals surface area contributed by atoms with Gasteiger partial charge >= 0.3 is 0 Å². The molecule has 0 saturated heterocycles. The highest BCUT2D eigenvalue weighted by atomic mass is 16.5. The zero-order valence-corrected chi connectivity index (χ0v) is 11.4. The summed E-state index contributed by atoms with van der Waals surface area (Å²) in [6.45, 7) is 0.607. The summed E-state index contributed by atoms with van der Waals surface area (Å²) in [5.74, 6) is 0.572. The minimum absolute atomic E-state index is 0.0270. The summed E-state index contributed by atoms with van der Waals surface area (Å²) in [5.41, 5.74) is 2.02. The Morgan fingerprint density at radius 3 is 2.55 bits per heavy atom. The number of phenols is 1. The number of aromatic hydroxyl groups is 1. The van der Waals surface area contributed by atoms with Gasteiger partial charge in [-0.3, -0.25) is 0 Å². The molecule has 0 amide bonds. The van der Waals surface area contributed by atoms with Crippen molar-refractivity contribution in [3.05, 3.63) is 59.7 Å². The number of aliphatic hydroxyl groups is 1. The Kier molecular flexibility index (Phi) is 4.98. The lowest BCUT2D eigenvalue weighted by Gasteiger charge is -2.17. The summed E-state index contributed by atoms with van der Waals surface area (Å²) in [5, 5.41) is 22.3. The van der Waals surface area contributed by atoms with E-state index in [9.17, 15) is 10.2 Å². The molecule has 0 aromatic heterocycles. The van der Waals surface area contributed by atoms with E-state index in [1.54, 1.807) is 12.1 Å². The van der Waals surface area contributed by atoms with Gasteiger partial charge in [0.1, 0.15) is 0 Å². The average molecular weight is 273 g/mol. The van der Waals surface area contributed by atoms with Crippen LogP contribution in [0.5, 0.6) is 11.5 Å². The fourth-order valence-electron chi connectivity index (χ4n) is 2.05. The molecule has 0 saturated carbocycles. The molecule has 2 aromatic rings. The molecule has 106 valence electrons. The number of methoxy groups -OCH3 is 1. The fraction of sp³-hybridized carbons (Fsp3) is 0.250. The largest absolute Gasteiger partial charge is 0.504 e. The van der Waals surface area contributed by atoms with Gasteiger partial charge in [-0.2, -0.15) is 0 Å². The first kappa shape index (κ1) is 14.4. The number of hydrogen-bond donors (Lipinski definition) is 3. The summed E-state index contributed by atoms with van der Waals surface area (Å²) in [4.78, 5) is 0. The maximum Gasteiger partial charge on any atom is 0.160 e. The minimum Gasteiger partial charge on any atom is -0.504 e. The summed E-state index contributed by atoms with van der Waals surface area (Å²) in [6, 6.07) is 14.9. The molecule has 0 fully saturated rings. The van der Waals surface area contributed by atoms with Crippen LogP contribution in [-0.2, 0) is 6.54 Å². The fourth-order valence-corrected chi connectivity index (χ4v) is 2.05. The van der Waals surface area contributed by atoms with E-state index in [1.807, 2.05) is 36.4 Å². The van der Waals surface area contributed by atoms with E-state index in [2.05, 4.69) is 5.32 Å². The minimum atomic E-state index is -0.115.